The lowest BCUT2D eigenvalue weighted by molar-refractivity contribution is -0.0498. The Kier molecular flexibility index (Phi) is 6.40. The second-order valence-electron chi connectivity index (χ2n) is 4.82. The van der Waals surface area contributed by atoms with Crippen molar-refractivity contribution in [3.63, 3.8) is 0 Å². The van der Waals surface area contributed by atoms with Crippen LogP contribution in [-0.2, 0) is 6.42 Å². The maximum Gasteiger partial charge on any atom is 0.387 e. The van der Waals surface area contributed by atoms with Gasteiger partial charge in [-0.15, -0.1) is 10.2 Å². The highest BCUT2D eigenvalue weighted by molar-refractivity contribution is 7.15. The molecule has 0 unspecified atom stereocenters. The van der Waals surface area contributed by atoms with Crippen LogP contribution in [0.25, 0.3) is 0 Å². The molecule has 124 valence electrons. The molecule has 1 aromatic carbocycles. The van der Waals surface area contributed by atoms with Gasteiger partial charge < -0.3 is 4.74 Å². The van der Waals surface area contributed by atoms with Gasteiger partial charge in [0.15, 0.2) is 0 Å². The van der Waals surface area contributed by atoms with Crippen molar-refractivity contribution in [3.8, 4) is 5.75 Å². The molecular formula is C15H17F2N3O2S. The topological polar surface area (TPSA) is 64.1 Å². The number of halogens is 2. The molecule has 0 atom stereocenters. The van der Waals surface area contributed by atoms with E-state index in [9.17, 15) is 13.6 Å². The smallest absolute Gasteiger partial charge is 0.387 e. The Labute approximate surface area is 136 Å². The van der Waals surface area contributed by atoms with Gasteiger partial charge in [0, 0.05) is 12.0 Å². The average molecular weight is 341 g/mol. The minimum Gasteiger partial charge on any atom is -0.435 e. The zero-order valence-electron chi connectivity index (χ0n) is 12.6. The van der Waals surface area contributed by atoms with Gasteiger partial charge in [-0.05, 0) is 30.7 Å². The van der Waals surface area contributed by atoms with Crippen molar-refractivity contribution in [2.24, 2.45) is 0 Å². The number of rotatable bonds is 8. The molecule has 0 fully saturated rings. The van der Waals surface area contributed by atoms with Crippen LogP contribution in [-0.4, -0.2) is 22.7 Å². The molecule has 0 bridgehead atoms. The van der Waals surface area contributed by atoms with Gasteiger partial charge in [-0.2, -0.15) is 8.78 Å². The quantitative estimate of drug-likeness (QED) is 0.734. The summed E-state index contributed by atoms with van der Waals surface area (Å²) in [5, 5.41) is 11.9. The van der Waals surface area contributed by atoms with Crippen LogP contribution in [0.1, 0.15) is 41.6 Å². The van der Waals surface area contributed by atoms with E-state index in [1.165, 1.54) is 35.6 Å². The molecule has 0 radical (unpaired) electrons. The molecule has 1 aromatic heterocycles. The number of unbranched alkanes of at least 4 members (excludes halogenated alkanes) is 2. The molecular weight excluding hydrogens is 324 g/mol. The van der Waals surface area contributed by atoms with Gasteiger partial charge in [-0.25, -0.2) is 0 Å². The molecule has 1 heterocycles. The van der Waals surface area contributed by atoms with E-state index in [-0.39, 0.29) is 11.7 Å². The molecule has 0 aliphatic heterocycles. The van der Waals surface area contributed by atoms with Gasteiger partial charge in [0.05, 0.1) is 0 Å². The zero-order valence-corrected chi connectivity index (χ0v) is 13.4. The second kappa shape index (κ2) is 8.52. The standard InChI is InChI=1S/C15H17F2N3O2S/c1-2-3-4-5-12-19-20-15(23-12)18-13(21)10-6-8-11(9-7-10)22-14(16)17/h6-9,14H,2-5H2,1H3,(H,18,20,21). The minimum absolute atomic E-state index is 0.00526. The number of carbonyl (C=O) groups excluding carboxylic acids is 1. The summed E-state index contributed by atoms with van der Waals surface area (Å²) in [6.07, 6.45) is 4.16. The van der Waals surface area contributed by atoms with Crippen molar-refractivity contribution in [1.82, 2.24) is 10.2 Å². The fourth-order valence-electron chi connectivity index (χ4n) is 1.89. The molecule has 23 heavy (non-hydrogen) atoms. The van der Waals surface area contributed by atoms with Crippen LogP contribution in [0.5, 0.6) is 5.75 Å². The van der Waals surface area contributed by atoms with E-state index in [1.54, 1.807) is 0 Å². The number of nitrogens with zero attached hydrogens (tertiary/aromatic N) is 2. The van der Waals surface area contributed by atoms with E-state index in [0.29, 0.717) is 10.7 Å². The molecule has 0 aliphatic rings. The third kappa shape index (κ3) is 5.55. The van der Waals surface area contributed by atoms with Crippen LogP contribution < -0.4 is 10.1 Å². The summed E-state index contributed by atoms with van der Waals surface area (Å²) in [4.78, 5) is 12.1. The van der Waals surface area contributed by atoms with Crippen LogP contribution in [0.3, 0.4) is 0 Å². The van der Waals surface area contributed by atoms with Gasteiger partial charge >= 0.3 is 6.61 Å². The predicted molar refractivity (Wildman–Crippen MR) is 84.2 cm³/mol. The van der Waals surface area contributed by atoms with Crippen LogP contribution in [0.4, 0.5) is 13.9 Å². The van der Waals surface area contributed by atoms with Crippen LogP contribution in [0.2, 0.25) is 0 Å². The summed E-state index contributed by atoms with van der Waals surface area (Å²) in [7, 11) is 0. The van der Waals surface area contributed by atoms with Gasteiger partial charge in [0.1, 0.15) is 10.8 Å². The Morgan fingerprint density at radius 2 is 2.00 bits per heavy atom. The van der Waals surface area contributed by atoms with Crippen molar-refractivity contribution in [2.45, 2.75) is 39.2 Å². The summed E-state index contributed by atoms with van der Waals surface area (Å²) >= 11 is 1.34. The summed E-state index contributed by atoms with van der Waals surface area (Å²) in [6.45, 7) is -0.759. The third-order valence-electron chi connectivity index (χ3n) is 3.02. The zero-order chi connectivity index (χ0) is 16.7. The maximum absolute atomic E-state index is 12.1. The van der Waals surface area contributed by atoms with Gasteiger partial charge in [0.25, 0.3) is 5.91 Å². The highest BCUT2D eigenvalue weighted by atomic mass is 32.1. The minimum atomic E-state index is -2.89. The van der Waals surface area contributed by atoms with Crippen molar-refractivity contribution in [2.75, 3.05) is 5.32 Å². The Morgan fingerprint density at radius 1 is 1.26 bits per heavy atom. The predicted octanol–water partition coefficient (Wildman–Crippen LogP) is 4.12. The number of aryl methyl sites for hydroxylation is 1. The maximum atomic E-state index is 12.1. The SMILES string of the molecule is CCCCCc1nnc(NC(=O)c2ccc(OC(F)F)cc2)s1. The monoisotopic (exact) mass is 341 g/mol. The molecule has 1 N–H and O–H groups in total. The number of carbonyl (C=O) groups is 1. The lowest BCUT2D eigenvalue weighted by Gasteiger charge is -2.05. The molecule has 2 aromatic rings. The van der Waals surface area contributed by atoms with E-state index in [0.717, 1.165) is 30.7 Å². The van der Waals surface area contributed by atoms with Gasteiger partial charge in [0.2, 0.25) is 5.13 Å². The number of benzene rings is 1. The van der Waals surface area contributed by atoms with E-state index in [1.807, 2.05) is 0 Å². The molecule has 0 saturated heterocycles. The third-order valence-corrected chi connectivity index (χ3v) is 3.92. The van der Waals surface area contributed by atoms with Crippen molar-refractivity contribution >= 4 is 22.4 Å². The first kappa shape index (κ1) is 17.3. The molecule has 1 amide bonds. The highest BCUT2D eigenvalue weighted by Gasteiger charge is 2.11. The van der Waals surface area contributed by atoms with Crippen molar-refractivity contribution in [1.29, 1.82) is 0 Å². The second-order valence-corrected chi connectivity index (χ2v) is 5.88. The number of hydrogen-bond acceptors (Lipinski definition) is 5. The number of alkyl halides is 2. The largest absolute Gasteiger partial charge is 0.435 e. The van der Waals surface area contributed by atoms with Gasteiger partial charge in [-0.1, -0.05) is 31.1 Å². The average Bonchev–Trinajstić information content (AvgIpc) is 2.95. The fraction of sp³-hybridized carbons (Fsp3) is 0.400. The Balaban J connectivity index is 1.91. The first-order chi connectivity index (χ1) is 11.1. The van der Waals surface area contributed by atoms with E-state index in [4.69, 9.17) is 0 Å². The molecule has 0 aliphatic carbocycles. The lowest BCUT2D eigenvalue weighted by atomic mass is 10.2. The molecule has 0 saturated carbocycles. The Bertz CT molecular complexity index is 632. The normalized spacial score (nSPS) is 10.8. The van der Waals surface area contributed by atoms with E-state index in [2.05, 4.69) is 27.2 Å². The van der Waals surface area contributed by atoms with Crippen molar-refractivity contribution in [3.05, 3.63) is 34.8 Å². The number of aromatic nitrogens is 2. The van der Waals surface area contributed by atoms with Crippen LogP contribution in [0.15, 0.2) is 24.3 Å². The number of hydrogen-bond donors (Lipinski definition) is 1. The molecule has 5 nitrogen and oxygen atoms in total. The molecule has 0 spiro atoms. The van der Waals surface area contributed by atoms with Crippen LogP contribution >= 0.6 is 11.3 Å². The number of ether oxygens (including phenoxy) is 1. The number of nitrogens with one attached hydrogen (secondary N) is 1. The van der Waals surface area contributed by atoms with Crippen molar-refractivity contribution < 1.29 is 18.3 Å². The molecule has 2 rings (SSSR count). The Hall–Kier alpha value is -2.09. The fourth-order valence-corrected chi connectivity index (χ4v) is 2.67. The lowest BCUT2D eigenvalue weighted by Crippen LogP contribution is -2.11. The number of anilines is 1. The molecule has 8 heteroatoms. The summed E-state index contributed by atoms with van der Waals surface area (Å²) in [5.41, 5.74) is 0.328. The number of amides is 1. The van der Waals surface area contributed by atoms with E-state index >= 15 is 0 Å². The Morgan fingerprint density at radius 3 is 2.65 bits per heavy atom. The van der Waals surface area contributed by atoms with Gasteiger partial charge in [-0.3, -0.25) is 10.1 Å². The summed E-state index contributed by atoms with van der Waals surface area (Å²) in [6, 6.07) is 5.46. The van der Waals surface area contributed by atoms with Crippen LogP contribution in [0, 0.1) is 0 Å². The summed E-state index contributed by atoms with van der Waals surface area (Å²) in [5.74, 6) is -0.365. The summed E-state index contributed by atoms with van der Waals surface area (Å²) < 4.78 is 28.4. The first-order valence-electron chi connectivity index (χ1n) is 7.27. The van der Waals surface area contributed by atoms with E-state index < -0.39 is 6.61 Å². The first-order valence-corrected chi connectivity index (χ1v) is 8.08. The highest BCUT2D eigenvalue weighted by Crippen LogP contribution is 2.19.